The molecule has 1 unspecified atom stereocenters. The zero-order chi connectivity index (χ0) is 22.0. The van der Waals surface area contributed by atoms with Crippen molar-refractivity contribution >= 4 is 32.9 Å². The average molecular weight is 434 g/mol. The predicted octanol–water partition coefficient (Wildman–Crippen LogP) is 3.33. The normalized spacial score (nSPS) is 20.9. The summed E-state index contributed by atoms with van der Waals surface area (Å²) in [6.07, 6.45) is -3.01. The van der Waals surface area contributed by atoms with Crippen LogP contribution in [-0.2, 0) is 9.59 Å². The van der Waals surface area contributed by atoms with E-state index in [2.05, 4.69) is 25.1 Å². The predicted molar refractivity (Wildman–Crippen MR) is 106 cm³/mol. The summed E-state index contributed by atoms with van der Waals surface area (Å²) in [6.45, 7) is 7.35. The summed E-state index contributed by atoms with van der Waals surface area (Å²) in [5.74, 6) is -1.11. The number of alkyl halides is 3. The molecule has 1 aromatic rings. The summed E-state index contributed by atoms with van der Waals surface area (Å²) >= 11 is 0. The first-order valence-corrected chi connectivity index (χ1v) is 10.9. The van der Waals surface area contributed by atoms with Gasteiger partial charge in [-0.05, 0) is 45.2 Å². The van der Waals surface area contributed by atoms with Crippen molar-refractivity contribution in [2.75, 3.05) is 12.8 Å². The molecule has 3 N–H and O–H groups in total. The number of hydrogen-bond acceptors (Lipinski definition) is 5. The van der Waals surface area contributed by atoms with Crippen molar-refractivity contribution in [1.82, 2.24) is 15.4 Å². The Labute approximate surface area is 168 Å². The van der Waals surface area contributed by atoms with Crippen molar-refractivity contribution in [3.8, 4) is 5.75 Å². The minimum Gasteiger partial charge on any atom is -0.406 e. The molecule has 0 bridgehead atoms. The van der Waals surface area contributed by atoms with Gasteiger partial charge in [0, 0.05) is 16.9 Å². The largest absolute Gasteiger partial charge is 0.573 e. The summed E-state index contributed by atoms with van der Waals surface area (Å²) in [7, 11) is -2.42. The fourth-order valence-electron chi connectivity index (χ4n) is 2.47. The van der Waals surface area contributed by atoms with Crippen molar-refractivity contribution in [1.29, 1.82) is 0 Å². The molecule has 0 saturated carbocycles. The number of amidine groups is 1. The molecule has 1 aromatic carbocycles. The molecular formula is C18H25F3N4O3S. The lowest BCUT2D eigenvalue weighted by atomic mass is 10.1. The molecule has 7 nitrogen and oxygen atoms in total. The van der Waals surface area contributed by atoms with Crippen molar-refractivity contribution in [2.24, 2.45) is 4.99 Å². The second-order valence-corrected chi connectivity index (χ2v) is 10.4. The average Bonchev–Trinajstić information content (AvgIpc) is 2.83. The molecule has 162 valence electrons. The Morgan fingerprint density at radius 3 is 2.38 bits per heavy atom. The maximum atomic E-state index is 12.6. The van der Waals surface area contributed by atoms with Gasteiger partial charge in [0.1, 0.15) is 5.75 Å². The number of ether oxygens (including phenoxy) is 1. The number of fused-ring (bicyclic) bond motifs is 1. The van der Waals surface area contributed by atoms with Gasteiger partial charge in [-0.1, -0.05) is 17.1 Å². The summed E-state index contributed by atoms with van der Waals surface area (Å²) < 4.78 is 44.7. The molecule has 0 aromatic heterocycles. The SMILES string of the molecule is CCC(=O)NC1=Nc2ccc(OC(F)(F)F)cc2S1(C)NC(=O)CNC(C)(C)C. The molecule has 0 saturated heterocycles. The molecule has 11 heteroatoms. The van der Waals surface area contributed by atoms with E-state index in [9.17, 15) is 22.8 Å². The highest BCUT2D eigenvalue weighted by atomic mass is 32.3. The van der Waals surface area contributed by atoms with Crippen LogP contribution in [0.2, 0.25) is 0 Å². The van der Waals surface area contributed by atoms with E-state index in [0.29, 0.717) is 10.6 Å². The number of nitrogens with one attached hydrogen (secondary N) is 3. The van der Waals surface area contributed by atoms with E-state index in [0.717, 1.165) is 6.07 Å². The third-order valence-corrected chi connectivity index (χ3v) is 6.69. The van der Waals surface area contributed by atoms with Crippen molar-refractivity contribution in [3.05, 3.63) is 18.2 Å². The van der Waals surface area contributed by atoms with Gasteiger partial charge in [-0.2, -0.15) is 0 Å². The van der Waals surface area contributed by atoms with Crippen LogP contribution in [0.15, 0.2) is 28.1 Å². The molecule has 1 aliphatic heterocycles. The van der Waals surface area contributed by atoms with Crippen LogP contribution in [-0.4, -0.2) is 41.7 Å². The molecule has 1 heterocycles. The van der Waals surface area contributed by atoms with E-state index < -0.39 is 22.3 Å². The Hall–Kier alpha value is -2.27. The monoisotopic (exact) mass is 434 g/mol. The number of amides is 2. The fraction of sp³-hybridized carbons (Fsp3) is 0.500. The van der Waals surface area contributed by atoms with Gasteiger partial charge in [0.15, 0.2) is 5.17 Å². The zero-order valence-electron chi connectivity index (χ0n) is 16.9. The summed E-state index contributed by atoms with van der Waals surface area (Å²) in [5.41, 5.74) is 0.0647. The first-order chi connectivity index (χ1) is 13.2. The van der Waals surface area contributed by atoms with Gasteiger partial charge in [-0.15, -0.1) is 13.2 Å². The number of hydrogen-bond donors (Lipinski definition) is 3. The number of carbonyl (C=O) groups excluding carboxylic acids is 2. The zero-order valence-corrected chi connectivity index (χ0v) is 17.7. The maximum Gasteiger partial charge on any atom is 0.573 e. The van der Waals surface area contributed by atoms with E-state index in [1.54, 1.807) is 13.2 Å². The Morgan fingerprint density at radius 1 is 1.17 bits per heavy atom. The topological polar surface area (TPSA) is 91.8 Å². The van der Waals surface area contributed by atoms with Crippen molar-refractivity contribution in [3.63, 3.8) is 0 Å². The van der Waals surface area contributed by atoms with Gasteiger partial charge in [0.05, 0.1) is 12.2 Å². The molecule has 29 heavy (non-hydrogen) atoms. The number of halogens is 3. The van der Waals surface area contributed by atoms with Gasteiger partial charge in [-0.3, -0.25) is 9.59 Å². The molecule has 0 spiro atoms. The van der Waals surface area contributed by atoms with Crippen LogP contribution in [0.3, 0.4) is 0 Å². The number of carbonyl (C=O) groups is 2. The highest BCUT2D eigenvalue weighted by Gasteiger charge is 2.39. The third kappa shape index (κ3) is 6.10. The van der Waals surface area contributed by atoms with Crippen LogP contribution in [0.25, 0.3) is 0 Å². The van der Waals surface area contributed by atoms with Crippen LogP contribution in [0.5, 0.6) is 5.75 Å². The second kappa shape index (κ2) is 8.23. The Balaban J connectivity index is 2.36. The lowest BCUT2D eigenvalue weighted by Gasteiger charge is -2.35. The fourth-order valence-corrected chi connectivity index (χ4v) is 4.89. The molecular weight excluding hydrogens is 409 g/mol. The van der Waals surface area contributed by atoms with E-state index in [1.165, 1.54) is 12.1 Å². The van der Waals surface area contributed by atoms with E-state index in [1.807, 2.05) is 20.8 Å². The summed E-state index contributed by atoms with van der Waals surface area (Å²) in [6, 6.07) is 3.71. The van der Waals surface area contributed by atoms with Gasteiger partial charge in [0.25, 0.3) is 0 Å². The van der Waals surface area contributed by atoms with Crippen LogP contribution < -0.4 is 20.1 Å². The standard InChI is InChI=1S/C18H25F3N4O3S/c1-6-14(26)24-16-23-12-8-7-11(28-18(19,20)21)9-13(12)29(16,5)25-15(27)10-22-17(2,3)4/h7-9,22H,6,10H2,1-5H3,(H,25,27)(H,23,24,26). The van der Waals surface area contributed by atoms with E-state index in [-0.39, 0.29) is 35.5 Å². The lowest BCUT2D eigenvalue weighted by Crippen LogP contribution is -2.46. The Bertz CT molecular complexity index is 837. The number of rotatable bonds is 5. The molecule has 0 aliphatic carbocycles. The maximum absolute atomic E-state index is 12.6. The van der Waals surface area contributed by atoms with Crippen LogP contribution in [0.1, 0.15) is 34.1 Å². The molecule has 0 radical (unpaired) electrons. The van der Waals surface area contributed by atoms with Crippen LogP contribution in [0.4, 0.5) is 18.9 Å². The summed E-state index contributed by atoms with van der Waals surface area (Å²) in [5, 5.41) is 5.92. The van der Waals surface area contributed by atoms with Crippen molar-refractivity contribution in [2.45, 2.75) is 50.9 Å². The minimum atomic E-state index is -4.85. The van der Waals surface area contributed by atoms with Gasteiger partial charge < -0.3 is 20.1 Å². The number of aliphatic imine (C=N–C) groups is 1. The molecule has 2 amide bonds. The minimum absolute atomic E-state index is 0.00479. The van der Waals surface area contributed by atoms with Crippen LogP contribution in [0, 0.1) is 0 Å². The Kier molecular flexibility index (Phi) is 6.53. The van der Waals surface area contributed by atoms with Gasteiger partial charge >= 0.3 is 6.36 Å². The van der Waals surface area contributed by atoms with Gasteiger partial charge in [0.2, 0.25) is 11.8 Å². The van der Waals surface area contributed by atoms with Crippen molar-refractivity contribution < 1.29 is 27.5 Å². The molecule has 1 atom stereocenters. The number of nitrogens with zero attached hydrogens (tertiary/aromatic N) is 1. The highest BCUT2D eigenvalue weighted by molar-refractivity contribution is 8.44. The summed E-state index contributed by atoms with van der Waals surface area (Å²) in [4.78, 5) is 29.2. The molecule has 1 aliphatic rings. The molecule has 0 fully saturated rings. The quantitative estimate of drug-likeness (QED) is 0.663. The first kappa shape index (κ1) is 23.0. The highest BCUT2D eigenvalue weighted by Crippen LogP contribution is 2.59. The van der Waals surface area contributed by atoms with E-state index >= 15 is 0 Å². The van der Waals surface area contributed by atoms with Crippen LogP contribution >= 0.6 is 10.2 Å². The third-order valence-electron chi connectivity index (χ3n) is 3.88. The first-order valence-electron chi connectivity index (χ1n) is 8.86. The molecule has 2 rings (SSSR count). The lowest BCUT2D eigenvalue weighted by molar-refractivity contribution is -0.274. The van der Waals surface area contributed by atoms with Gasteiger partial charge in [-0.25, -0.2) is 4.99 Å². The Morgan fingerprint density at radius 2 is 1.83 bits per heavy atom. The van der Waals surface area contributed by atoms with E-state index in [4.69, 9.17) is 0 Å². The second-order valence-electron chi connectivity index (χ2n) is 7.54. The number of benzene rings is 1. The smallest absolute Gasteiger partial charge is 0.406 e.